The monoisotopic (exact) mass is 396 g/mol. The largest absolute Gasteiger partial charge is 0.333 e. The first kappa shape index (κ1) is 18.2. The lowest BCUT2D eigenvalue weighted by Gasteiger charge is -2.13. The van der Waals surface area contributed by atoms with Crippen molar-refractivity contribution < 1.29 is 4.52 Å². The zero-order valence-corrected chi connectivity index (χ0v) is 17.0. The second-order valence-electron chi connectivity index (χ2n) is 7.30. The van der Waals surface area contributed by atoms with Crippen LogP contribution in [0.4, 0.5) is 0 Å². The lowest BCUT2D eigenvalue weighted by molar-refractivity contribution is 0.432. The van der Waals surface area contributed by atoms with Crippen molar-refractivity contribution in [1.29, 1.82) is 0 Å². The topological polar surface area (TPSA) is 82.0 Å². The molecule has 30 heavy (non-hydrogen) atoms. The smallest absolute Gasteiger partial charge is 0.263 e. The summed E-state index contributed by atoms with van der Waals surface area (Å²) >= 11 is 0. The molecule has 0 atom stereocenters. The van der Waals surface area contributed by atoms with Gasteiger partial charge in [-0.1, -0.05) is 35.5 Å². The zero-order chi connectivity index (χ0) is 20.7. The summed E-state index contributed by atoms with van der Waals surface area (Å²) in [7, 11) is 0. The molecular weight excluding hydrogens is 376 g/mol. The number of pyridine rings is 1. The molecule has 0 aliphatic heterocycles. The van der Waals surface area contributed by atoms with Crippen LogP contribution in [-0.2, 0) is 6.42 Å². The number of nitrogens with zero attached hydrogens (tertiary/aromatic N) is 6. The minimum absolute atomic E-state index is 0.378. The number of fused-ring (bicyclic) bond motifs is 1. The Balaban J connectivity index is 1.57. The van der Waals surface area contributed by atoms with Crippen LogP contribution >= 0.6 is 0 Å². The van der Waals surface area contributed by atoms with Crippen LogP contribution in [0.2, 0.25) is 0 Å². The van der Waals surface area contributed by atoms with Crippen LogP contribution in [0.3, 0.4) is 0 Å². The Bertz CT molecular complexity index is 1350. The van der Waals surface area contributed by atoms with Crippen LogP contribution in [0.25, 0.3) is 28.6 Å². The van der Waals surface area contributed by atoms with Gasteiger partial charge in [0, 0.05) is 24.0 Å². The lowest BCUT2D eigenvalue weighted by Crippen LogP contribution is -2.07. The first-order valence-electron chi connectivity index (χ1n) is 9.75. The lowest BCUT2D eigenvalue weighted by atomic mass is 9.99. The summed E-state index contributed by atoms with van der Waals surface area (Å²) in [5, 5.41) is 8.62. The Hall–Kier alpha value is -3.87. The fourth-order valence-corrected chi connectivity index (χ4v) is 3.65. The second-order valence-corrected chi connectivity index (χ2v) is 7.30. The molecule has 4 aromatic heterocycles. The highest BCUT2D eigenvalue weighted by atomic mass is 16.5. The molecule has 1 aromatic carbocycles. The third-order valence-electron chi connectivity index (χ3n) is 5.39. The molecule has 0 aliphatic carbocycles. The first-order valence-corrected chi connectivity index (χ1v) is 9.75. The molecule has 148 valence electrons. The molecule has 5 rings (SSSR count). The number of aryl methyl sites for hydroxylation is 3. The first-order chi connectivity index (χ1) is 14.6. The number of hydrogen-bond acceptors (Lipinski definition) is 6. The maximum Gasteiger partial charge on any atom is 0.263 e. The van der Waals surface area contributed by atoms with E-state index in [9.17, 15) is 0 Å². The van der Waals surface area contributed by atoms with Gasteiger partial charge < -0.3 is 4.52 Å². The van der Waals surface area contributed by atoms with Gasteiger partial charge >= 0.3 is 0 Å². The van der Waals surface area contributed by atoms with Crippen LogP contribution in [-0.4, -0.2) is 29.7 Å². The fourth-order valence-electron chi connectivity index (χ4n) is 3.65. The maximum atomic E-state index is 5.50. The van der Waals surface area contributed by atoms with E-state index in [4.69, 9.17) is 9.51 Å². The maximum absolute atomic E-state index is 5.50. The average molecular weight is 396 g/mol. The van der Waals surface area contributed by atoms with E-state index in [0.29, 0.717) is 28.6 Å². The van der Waals surface area contributed by atoms with Crippen LogP contribution in [0.5, 0.6) is 0 Å². The minimum Gasteiger partial charge on any atom is -0.333 e. The molecule has 5 aromatic rings. The molecule has 0 saturated heterocycles. The third-order valence-corrected chi connectivity index (χ3v) is 5.39. The van der Waals surface area contributed by atoms with E-state index in [2.05, 4.69) is 58.3 Å². The van der Waals surface area contributed by atoms with Gasteiger partial charge in [-0.15, -0.1) is 0 Å². The van der Waals surface area contributed by atoms with E-state index < -0.39 is 0 Å². The van der Waals surface area contributed by atoms with Crippen LogP contribution < -0.4 is 0 Å². The van der Waals surface area contributed by atoms with Crippen molar-refractivity contribution >= 4 is 5.65 Å². The summed E-state index contributed by atoms with van der Waals surface area (Å²) in [6.45, 7) is 6.23. The predicted molar refractivity (Wildman–Crippen MR) is 113 cm³/mol. The van der Waals surface area contributed by atoms with Gasteiger partial charge in [0.2, 0.25) is 5.82 Å². The molecule has 0 saturated carbocycles. The number of aromatic nitrogens is 6. The molecular formula is C23H20N6O. The molecule has 0 aliphatic rings. The molecule has 0 spiro atoms. The van der Waals surface area contributed by atoms with E-state index >= 15 is 0 Å². The van der Waals surface area contributed by atoms with E-state index in [1.807, 2.05) is 29.6 Å². The Kier molecular flexibility index (Phi) is 4.35. The van der Waals surface area contributed by atoms with E-state index in [1.54, 1.807) is 12.4 Å². The van der Waals surface area contributed by atoms with Crippen molar-refractivity contribution in [3.05, 3.63) is 82.9 Å². The van der Waals surface area contributed by atoms with Crippen molar-refractivity contribution in [2.75, 3.05) is 0 Å². The van der Waals surface area contributed by atoms with Gasteiger partial charge in [-0.25, -0.2) is 9.50 Å². The number of rotatable bonds is 4. The SMILES string of the molecule is Cc1ccccc1Cc1c(C)nc2c(-c3nc(-c4ccccn4)no3)cnn2c1C. The second kappa shape index (κ2) is 7.18. The molecule has 0 N–H and O–H groups in total. The summed E-state index contributed by atoms with van der Waals surface area (Å²) in [4.78, 5) is 13.6. The van der Waals surface area contributed by atoms with Gasteiger partial charge in [-0.05, 0) is 49.6 Å². The minimum atomic E-state index is 0.378. The molecule has 0 bridgehead atoms. The highest BCUT2D eigenvalue weighted by Crippen LogP contribution is 2.27. The standard InChI is InChI=1S/C23H20N6O/c1-14-8-4-5-9-17(14)12-18-15(2)26-22-19(13-25-29(22)16(18)3)23-27-21(28-30-23)20-10-6-7-11-24-20/h4-11,13H,12H2,1-3H3. The van der Waals surface area contributed by atoms with Crippen molar-refractivity contribution in [3.63, 3.8) is 0 Å². The van der Waals surface area contributed by atoms with Crippen LogP contribution in [0.15, 0.2) is 59.4 Å². The molecule has 0 fully saturated rings. The van der Waals surface area contributed by atoms with Gasteiger partial charge in [0.05, 0.1) is 6.20 Å². The predicted octanol–water partition coefficient (Wildman–Crippen LogP) is 4.36. The summed E-state index contributed by atoms with van der Waals surface area (Å²) in [5.41, 5.74) is 7.81. The summed E-state index contributed by atoms with van der Waals surface area (Å²) in [5.74, 6) is 0.818. The molecule has 4 heterocycles. The summed E-state index contributed by atoms with van der Waals surface area (Å²) in [6, 6.07) is 14.0. The van der Waals surface area contributed by atoms with Gasteiger partial charge in [0.15, 0.2) is 5.65 Å². The quantitative estimate of drug-likeness (QED) is 0.449. The molecule has 7 heteroatoms. The van der Waals surface area contributed by atoms with Gasteiger partial charge in [-0.3, -0.25) is 4.98 Å². The Morgan fingerprint density at radius 2 is 1.80 bits per heavy atom. The van der Waals surface area contributed by atoms with Gasteiger partial charge in [0.25, 0.3) is 5.89 Å². The Morgan fingerprint density at radius 1 is 0.967 bits per heavy atom. The molecule has 0 radical (unpaired) electrons. The van der Waals surface area contributed by atoms with Gasteiger partial charge in [-0.2, -0.15) is 10.1 Å². The van der Waals surface area contributed by atoms with E-state index in [0.717, 1.165) is 17.8 Å². The van der Waals surface area contributed by atoms with Crippen molar-refractivity contribution in [2.24, 2.45) is 0 Å². The highest BCUT2D eigenvalue weighted by Gasteiger charge is 2.20. The fraction of sp³-hybridized carbons (Fsp3) is 0.174. The molecule has 7 nitrogen and oxygen atoms in total. The Morgan fingerprint density at radius 3 is 2.60 bits per heavy atom. The number of hydrogen-bond donors (Lipinski definition) is 0. The highest BCUT2D eigenvalue weighted by molar-refractivity contribution is 5.72. The normalized spacial score (nSPS) is 11.3. The Labute approximate surface area is 173 Å². The average Bonchev–Trinajstić information content (AvgIpc) is 3.40. The van der Waals surface area contributed by atoms with Crippen molar-refractivity contribution in [3.8, 4) is 23.0 Å². The zero-order valence-electron chi connectivity index (χ0n) is 17.0. The summed E-state index contributed by atoms with van der Waals surface area (Å²) < 4.78 is 7.35. The van der Waals surface area contributed by atoms with E-state index in [1.165, 1.54) is 16.7 Å². The van der Waals surface area contributed by atoms with Crippen molar-refractivity contribution in [1.82, 2.24) is 29.7 Å². The third kappa shape index (κ3) is 3.04. The summed E-state index contributed by atoms with van der Waals surface area (Å²) in [6.07, 6.45) is 4.24. The molecule has 0 unspecified atom stereocenters. The van der Waals surface area contributed by atoms with Gasteiger partial charge in [0.1, 0.15) is 11.3 Å². The van der Waals surface area contributed by atoms with Crippen LogP contribution in [0.1, 0.15) is 28.1 Å². The number of benzene rings is 1. The van der Waals surface area contributed by atoms with Crippen molar-refractivity contribution in [2.45, 2.75) is 27.2 Å². The van der Waals surface area contributed by atoms with Crippen LogP contribution in [0, 0.1) is 20.8 Å². The molecule has 0 amide bonds. The van der Waals surface area contributed by atoms with E-state index in [-0.39, 0.29) is 0 Å².